The number of halogens is 2. The van der Waals surface area contributed by atoms with Gasteiger partial charge in [0.1, 0.15) is 5.82 Å². The maximum absolute atomic E-state index is 13.4. The molecule has 3 rings (SSSR count). The average Bonchev–Trinajstić information content (AvgIpc) is 3.15. The molecule has 8 nitrogen and oxygen atoms in total. The molecule has 0 aromatic heterocycles. The normalized spacial score (nSPS) is 16.4. The molecule has 0 bridgehead atoms. The Labute approximate surface area is 190 Å². The van der Waals surface area contributed by atoms with Crippen molar-refractivity contribution < 1.29 is 27.1 Å². The molecule has 1 atom stereocenters. The summed E-state index contributed by atoms with van der Waals surface area (Å²) in [4.78, 5) is 26.4. The number of hydrogen-bond acceptors (Lipinski definition) is 5. The van der Waals surface area contributed by atoms with Crippen molar-refractivity contribution >= 4 is 44.8 Å². The Balaban J connectivity index is 1.60. The van der Waals surface area contributed by atoms with Gasteiger partial charge in [0.05, 0.1) is 15.8 Å². The molecule has 11 heteroatoms. The summed E-state index contributed by atoms with van der Waals surface area (Å²) < 4.78 is 45.3. The maximum Gasteiger partial charge on any atom is 0.240 e. The molecule has 0 aliphatic carbocycles. The number of hydrogen-bond donors (Lipinski definition) is 2. The predicted molar refractivity (Wildman–Crippen MR) is 119 cm³/mol. The Kier molecular flexibility index (Phi) is 7.83. The first-order valence-corrected chi connectivity index (χ1v) is 11.7. The van der Waals surface area contributed by atoms with Crippen LogP contribution < -0.4 is 14.9 Å². The van der Waals surface area contributed by atoms with Crippen LogP contribution in [-0.2, 0) is 24.3 Å². The maximum atomic E-state index is 13.4. The van der Waals surface area contributed by atoms with Crippen molar-refractivity contribution in [2.45, 2.75) is 17.7 Å². The summed E-state index contributed by atoms with van der Waals surface area (Å²) in [5.74, 6) is -1.85. The smallest absolute Gasteiger partial charge is 0.240 e. The second kappa shape index (κ2) is 10.4. The first kappa shape index (κ1) is 24.1. The van der Waals surface area contributed by atoms with Gasteiger partial charge in [-0.3, -0.25) is 9.59 Å². The molecule has 0 saturated carbocycles. The Morgan fingerprint density at radius 3 is 2.62 bits per heavy atom. The van der Waals surface area contributed by atoms with E-state index in [0.29, 0.717) is 24.4 Å². The van der Waals surface area contributed by atoms with E-state index in [1.165, 1.54) is 47.4 Å². The summed E-state index contributed by atoms with van der Waals surface area (Å²) in [6.45, 7) is 0.827. The quantitative estimate of drug-likeness (QED) is 0.534. The van der Waals surface area contributed by atoms with E-state index in [2.05, 4.69) is 10.0 Å². The van der Waals surface area contributed by atoms with Gasteiger partial charge in [-0.25, -0.2) is 17.5 Å². The Hall–Kier alpha value is -2.53. The van der Waals surface area contributed by atoms with Gasteiger partial charge in [-0.2, -0.15) is 0 Å². The molecule has 1 unspecified atom stereocenters. The molecule has 1 heterocycles. The molecule has 0 radical (unpaired) electrons. The Morgan fingerprint density at radius 1 is 1.25 bits per heavy atom. The monoisotopic (exact) mass is 483 g/mol. The van der Waals surface area contributed by atoms with Crippen LogP contribution in [0.5, 0.6) is 0 Å². The van der Waals surface area contributed by atoms with Crippen LogP contribution in [-0.4, -0.2) is 47.0 Å². The number of nitrogens with zero attached hydrogens (tertiary/aromatic N) is 1. The van der Waals surface area contributed by atoms with Crippen molar-refractivity contribution in [2.75, 3.05) is 37.0 Å². The third kappa shape index (κ3) is 5.83. The lowest BCUT2D eigenvalue weighted by Crippen LogP contribution is -2.28. The fraction of sp³-hybridized carbons (Fsp3) is 0.333. The van der Waals surface area contributed by atoms with Gasteiger partial charge in [0.2, 0.25) is 21.8 Å². The molecule has 0 spiro atoms. The van der Waals surface area contributed by atoms with Crippen molar-refractivity contribution in [1.82, 2.24) is 4.72 Å². The van der Waals surface area contributed by atoms with E-state index in [1.54, 1.807) is 7.11 Å². The highest BCUT2D eigenvalue weighted by molar-refractivity contribution is 7.89. The van der Waals surface area contributed by atoms with E-state index >= 15 is 0 Å². The molecule has 1 aliphatic heterocycles. The number of ether oxygens (including phenoxy) is 1. The molecule has 2 aromatic rings. The summed E-state index contributed by atoms with van der Waals surface area (Å²) in [7, 11) is -2.12. The number of carbonyl (C=O) groups is 2. The van der Waals surface area contributed by atoms with Crippen LogP contribution in [0.4, 0.5) is 15.8 Å². The highest BCUT2D eigenvalue weighted by Gasteiger charge is 2.35. The van der Waals surface area contributed by atoms with E-state index in [9.17, 15) is 22.4 Å². The molecular formula is C21H23ClFN3O5S. The summed E-state index contributed by atoms with van der Waals surface area (Å²) in [5.41, 5.74) is 0.827. The fourth-order valence-electron chi connectivity index (χ4n) is 3.25. The second-order valence-electron chi connectivity index (χ2n) is 7.26. The van der Waals surface area contributed by atoms with Gasteiger partial charge in [0.15, 0.2) is 0 Å². The van der Waals surface area contributed by atoms with Gasteiger partial charge in [-0.15, -0.1) is 0 Å². The zero-order chi connectivity index (χ0) is 23.3. The second-order valence-corrected chi connectivity index (χ2v) is 9.44. The third-order valence-electron chi connectivity index (χ3n) is 4.96. The average molecular weight is 484 g/mol. The number of carbonyl (C=O) groups excluding carboxylic acids is 2. The van der Waals surface area contributed by atoms with Crippen molar-refractivity contribution in [2.24, 2.45) is 5.92 Å². The number of anilines is 2. The molecule has 2 amide bonds. The predicted octanol–water partition coefficient (Wildman–Crippen LogP) is 2.79. The minimum atomic E-state index is -3.66. The largest absolute Gasteiger partial charge is 0.385 e. The first-order valence-electron chi connectivity index (χ1n) is 9.86. The summed E-state index contributed by atoms with van der Waals surface area (Å²) in [6.07, 6.45) is 0.545. The summed E-state index contributed by atoms with van der Waals surface area (Å²) in [5, 5.41) is 2.59. The van der Waals surface area contributed by atoms with Gasteiger partial charge < -0.3 is 15.0 Å². The number of rotatable bonds is 9. The zero-order valence-corrected chi connectivity index (χ0v) is 18.9. The van der Waals surface area contributed by atoms with Gasteiger partial charge in [0, 0.05) is 44.6 Å². The number of benzene rings is 2. The van der Waals surface area contributed by atoms with Gasteiger partial charge in [0.25, 0.3) is 0 Å². The molecule has 32 heavy (non-hydrogen) atoms. The van der Waals surface area contributed by atoms with E-state index in [0.717, 1.165) is 0 Å². The van der Waals surface area contributed by atoms with Gasteiger partial charge >= 0.3 is 0 Å². The van der Waals surface area contributed by atoms with E-state index in [4.69, 9.17) is 16.3 Å². The minimum Gasteiger partial charge on any atom is -0.385 e. The van der Waals surface area contributed by atoms with Crippen molar-refractivity contribution in [1.29, 1.82) is 0 Å². The topological polar surface area (TPSA) is 105 Å². The Morgan fingerprint density at radius 2 is 1.97 bits per heavy atom. The van der Waals surface area contributed by atoms with Crippen LogP contribution >= 0.6 is 11.6 Å². The lowest BCUT2D eigenvalue weighted by atomic mass is 10.1. The standard InChI is InChI=1S/C21H23ClFN3O5S/c1-31-10-2-9-24-32(29,30)17-6-3-15(4-7-17)25-21(28)14-11-20(27)26(13-14)16-5-8-19(23)18(22)12-16/h3-8,12,14,24H,2,9-11,13H2,1H3,(H,25,28). The molecular weight excluding hydrogens is 461 g/mol. The summed E-state index contributed by atoms with van der Waals surface area (Å²) >= 11 is 5.79. The zero-order valence-electron chi connectivity index (χ0n) is 17.3. The molecule has 172 valence electrons. The van der Waals surface area contributed by atoms with Crippen LogP contribution in [0.25, 0.3) is 0 Å². The van der Waals surface area contributed by atoms with Crippen LogP contribution in [0.15, 0.2) is 47.4 Å². The van der Waals surface area contributed by atoms with Crippen molar-refractivity contribution in [3.05, 3.63) is 53.3 Å². The lowest BCUT2D eigenvalue weighted by Gasteiger charge is -2.17. The molecule has 1 fully saturated rings. The van der Waals surface area contributed by atoms with Crippen LogP contribution in [0.3, 0.4) is 0 Å². The van der Waals surface area contributed by atoms with Crippen molar-refractivity contribution in [3.63, 3.8) is 0 Å². The van der Waals surface area contributed by atoms with Crippen molar-refractivity contribution in [3.8, 4) is 0 Å². The fourth-order valence-corrected chi connectivity index (χ4v) is 4.50. The third-order valence-corrected chi connectivity index (χ3v) is 6.73. The minimum absolute atomic E-state index is 0.00130. The Bertz CT molecular complexity index is 1100. The van der Waals surface area contributed by atoms with Gasteiger partial charge in [-0.05, 0) is 48.9 Å². The highest BCUT2D eigenvalue weighted by Crippen LogP contribution is 2.29. The van der Waals surface area contributed by atoms with Crippen LogP contribution in [0.1, 0.15) is 12.8 Å². The lowest BCUT2D eigenvalue weighted by molar-refractivity contribution is -0.122. The van der Waals surface area contributed by atoms with Crippen LogP contribution in [0.2, 0.25) is 5.02 Å². The number of sulfonamides is 1. The SMILES string of the molecule is COCCCNS(=O)(=O)c1ccc(NC(=O)C2CC(=O)N(c3ccc(F)c(Cl)c3)C2)cc1. The molecule has 2 aromatic carbocycles. The van der Waals surface area contributed by atoms with Crippen LogP contribution in [0, 0.1) is 11.7 Å². The molecule has 1 aliphatic rings. The summed E-state index contributed by atoms with van der Waals surface area (Å²) in [6, 6.07) is 9.69. The van der Waals surface area contributed by atoms with E-state index in [1.807, 2.05) is 0 Å². The molecule has 2 N–H and O–H groups in total. The number of amides is 2. The molecule has 1 saturated heterocycles. The van der Waals surface area contributed by atoms with E-state index in [-0.39, 0.29) is 41.2 Å². The van der Waals surface area contributed by atoms with Gasteiger partial charge in [-0.1, -0.05) is 11.6 Å². The highest BCUT2D eigenvalue weighted by atomic mass is 35.5. The first-order chi connectivity index (χ1) is 15.2. The number of nitrogens with one attached hydrogen (secondary N) is 2. The number of methoxy groups -OCH3 is 1. The van der Waals surface area contributed by atoms with E-state index < -0.39 is 21.8 Å².